The molecule has 1 atom stereocenters. The van der Waals surface area contributed by atoms with E-state index in [2.05, 4.69) is 4.52 Å². The molecule has 0 heterocycles. The third kappa shape index (κ3) is 5.73. The van der Waals surface area contributed by atoms with Crippen LogP contribution in [0.1, 0.15) is 6.92 Å². The maximum atomic E-state index is 9.67. The smallest absolute Gasteiger partial charge is 0.364 e. The highest BCUT2D eigenvalue weighted by Gasteiger charge is 1.78. The van der Waals surface area contributed by atoms with Crippen LogP contribution in [0.25, 0.3) is 0 Å². The summed E-state index contributed by atoms with van der Waals surface area (Å²) in [6.07, 6.45) is 2.72. The Labute approximate surface area is 42.6 Å². The van der Waals surface area contributed by atoms with Crippen LogP contribution in [0.2, 0.25) is 0 Å². The molecule has 1 unspecified atom stereocenters. The van der Waals surface area contributed by atoms with Gasteiger partial charge in [0.25, 0.3) is 0 Å². The van der Waals surface area contributed by atoms with E-state index < -0.39 is 8.25 Å². The summed E-state index contributed by atoms with van der Waals surface area (Å²) in [6, 6.07) is 0. The fraction of sp³-hybridized carbons (Fsp3) is 0.333. The van der Waals surface area contributed by atoms with Crippen molar-refractivity contribution in [2.45, 2.75) is 6.92 Å². The van der Waals surface area contributed by atoms with Gasteiger partial charge >= 0.3 is 8.25 Å². The monoisotopic (exact) mass is 122 g/mol. The third-order valence-electron chi connectivity index (χ3n) is 0.305. The second-order valence-corrected chi connectivity index (χ2v) is 1.62. The van der Waals surface area contributed by atoms with Gasteiger partial charge in [-0.1, -0.05) is 6.08 Å². The van der Waals surface area contributed by atoms with E-state index in [1.54, 1.807) is 13.0 Å². The summed E-state index contributed by atoms with van der Waals surface area (Å²) in [5, 5.41) is 0. The van der Waals surface area contributed by atoms with E-state index in [4.69, 9.17) is 4.89 Å². The van der Waals surface area contributed by atoms with Gasteiger partial charge in [0.1, 0.15) is 0 Å². The van der Waals surface area contributed by atoms with E-state index in [-0.39, 0.29) is 0 Å². The van der Waals surface area contributed by atoms with E-state index in [1.807, 2.05) is 0 Å². The Kier molecular flexibility index (Phi) is 3.75. The molecule has 0 saturated carbocycles. The van der Waals surface area contributed by atoms with E-state index in [0.29, 0.717) is 0 Å². The van der Waals surface area contributed by atoms with Crippen molar-refractivity contribution in [1.82, 2.24) is 0 Å². The van der Waals surface area contributed by atoms with Crippen LogP contribution in [0.3, 0.4) is 0 Å². The van der Waals surface area contributed by atoms with Crippen molar-refractivity contribution in [3.05, 3.63) is 12.3 Å². The van der Waals surface area contributed by atoms with Crippen LogP contribution in [-0.4, -0.2) is 4.89 Å². The molecule has 0 rings (SSSR count). The van der Waals surface area contributed by atoms with Gasteiger partial charge in [0, 0.05) is 0 Å². The molecule has 0 aliphatic rings. The summed E-state index contributed by atoms with van der Waals surface area (Å²) in [7, 11) is -2.73. The topological polar surface area (TPSA) is 46.5 Å². The highest BCUT2D eigenvalue weighted by Crippen LogP contribution is 2.13. The lowest BCUT2D eigenvalue weighted by Gasteiger charge is -1.86. The molecule has 42 valence electrons. The van der Waals surface area contributed by atoms with E-state index >= 15 is 0 Å². The number of rotatable bonds is 2. The van der Waals surface area contributed by atoms with Gasteiger partial charge in [-0.15, -0.1) is 0 Å². The molecule has 0 radical (unpaired) electrons. The molecule has 1 N–H and O–H groups in total. The van der Waals surface area contributed by atoms with Crippen molar-refractivity contribution in [3.63, 3.8) is 0 Å². The van der Waals surface area contributed by atoms with Crippen LogP contribution in [0.4, 0.5) is 0 Å². The first-order valence-corrected chi connectivity index (χ1v) is 3.04. The molecule has 0 aliphatic carbocycles. The molecule has 0 aromatic carbocycles. The van der Waals surface area contributed by atoms with Crippen LogP contribution in [0.15, 0.2) is 12.3 Å². The molecule has 0 bridgehead atoms. The Balaban J connectivity index is 3.14. The Morgan fingerprint density at radius 1 is 1.86 bits per heavy atom. The van der Waals surface area contributed by atoms with Gasteiger partial charge in [0.2, 0.25) is 0 Å². The van der Waals surface area contributed by atoms with Crippen LogP contribution in [-0.2, 0) is 9.09 Å². The van der Waals surface area contributed by atoms with Crippen LogP contribution >= 0.6 is 8.25 Å². The lowest BCUT2D eigenvalue weighted by Crippen LogP contribution is -1.58. The summed E-state index contributed by atoms with van der Waals surface area (Å²) in [4.78, 5) is 7.96. The fourth-order valence-electron chi connectivity index (χ4n) is 0.126. The summed E-state index contributed by atoms with van der Waals surface area (Å²) < 4.78 is 13.8. The zero-order valence-electron chi connectivity index (χ0n) is 3.92. The molecule has 0 fully saturated rings. The second kappa shape index (κ2) is 3.90. The Morgan fingerprint density at radius 2 is 2.43 bits per heavy atom. The van der Waals surface area contributed by atoms with Gasteiger partial charge in [0.15, 0.2) is 0 Å². The average Bonchev–Trinajstić information content (AvgIpc) is 1.61. The summed E-state index contributed by atoms with van der Waals surface area (Å²) in [5.74, 6) is 0. The second-order valence-electron chi connectivity index (χ2n) is 0.853. The fourth-order valence-corrected chi connectivity index (χ4v) is 0.379. The minimum atomic E-state index is -2.73. The summed E-state index contributed by atoms with van der Waals surface area (Å²) >= 11 is 0. The standard InChI is InChI=1S/C3H7O3P/c1-2-3-6-7(4)5/h2-3,7H,1H3,(H,4,5)/b3-2-. The first-order chi connectivity index (χ1) is 3.27. The third-order valence-corrected chi connectivity index (χ3v) is 0.643. The van der Waals surface area contributed by atoms with Crippen molar-refractivity contribution < 1.29 is 14.0 Å². The van der Waals surface area contributed by atoms with Gasteiger partial charge in [-0.3, -0.25) is 0 Å². The normalized spacial score (nSPS) is 14.6. The SMILES string of the molecule is C/C=C\O[PH](=O)O. The zero-order valence-corrected chi connectivity index (χ0v) is 4.92. The molecule has 0 amide bonds. The molecular formula is C3H7O3P. The summed E-state index contributed by atoms with van der Waals surface area (Å²) in [6.45, 7) is 1.70. The van der Waals surface area contributed by atoms with E-state index in [0.717, 1.165) is 0 Å². The van der Waals surface area contributed by atoms with Gasteiger partial charge in [0.05, 0.1) is 6.26 Å². The molecular weight excluding hydrogens is 115 g/mol. The maximum absolute atomic E-state index is 9.67. The largest absolute Gasteiger partial charge is 0.435 e. The van der Waals surface area contributed by atoms with Crippen molar-refractivity contribution >= 4 is 8.25 Å². The molecule has 0 aromatic rings. The quantitative estimate of drug-likeness (QED) is 0.437. The molecule has 7 heavy (non-hydrogen) atoms. The minimum Gasteiger partial charge on any atom is -0.435 e. The lowest BCUT2D eigenvalue weighted by atomic mass is 10.8. The first kappa shape index (κ1) is 6.73. The zero-order chi connectivity index (χ0) is 5.70. The van der Waals surface area contributed by atoms with Crippen molar-refractivity contribution in [2.24, 2.45) is 0 Å². The van der Waals surface area contributed by atoms with Gasteiger partial charge < -0.3 is 9.42 Å². The molecule has 3 nitrogen and oxygen atoms in total. The molecule has 0 aliphatic heterocycles. The maximum Gasteiger partial charge on any atom is 0.364 e. The van der Waals surface area contributed by atoms with Crippen molar-refractivity contribution in [1.29, 1.82) is 0 Å². The first-order valence-electron chi connectivity index (χ1n) is 1.78. The molecule has 0 aromatic heterocycles. The highest BCUT2D eigenvalue weighted by atomic mass is 31.1. The van der Waals surface area contributed by atoms with Crippen LogP contribution < -0.4 is 0 Å². The van der Waals surface area contributed by atoms with E-state index in [1.165, 1.54) is 6.26 Å². The number of allylic oxidation sites excluding steroid dienone is 1. The molecule has 0 saturated heterocycles. The summed E-state index contributed by atoms with van der Waals surface area (Å²) in [5.41, 5.74) is 0. The predicted octanol–water partition coefficient (Wildman–Crippen LogP) is 0.919. The van der Waals surface area contributed by atoms with Crippen LogP contribution in [0.5, 0.6) is 0 Å². The van der Waals surface area contributed by atoms with Crippen LogP contribution in [0, 0.1) is 0 Å². The Morgan fingerprint density at radius 3 is 2.57 bits per heavy atom. The highest BCUT2D eigenvalue weighted by molar-refractivity contribution is 7.32. The van der Waals surface area contributed by atoms with Gasteiger partial charge in [-0.25, -0.2) is 4.57 Å². The predicted molar refractivity (Wildman–Crippen MR) is 27.1 cm³/mol. The van der Waals surface area contributed by atoms with Crippen molar-refractivity contribution in [3.8, 4) is 0 Å². The Hall–Kier alpha value is -0.270. The van der Waals surface area contributed by atoms with Gasteiger partial charge in [-0.05, 0) is 6.92 Å². The molecule has 0 spiro atoms. The number of hydrogen-bond acceptors (Lipinski definition) is 2. The average molecular weight is 122 g/mol. The molecule has 4 heteroatoms. The van der Waals surface area contributed by atoms with E-state index in [9.17, 15) is 4.57 Å². The minimum absolute atomic E-state index is 1.18. The lowest BCUT2D eigenvalue weighted by molar-refractivity contribution is 0.377. The Bertz CT molecular complexity index is 88.2. The number of hydrogen-bond donors (Lipinski definition) is 1. The van der Waals surface area contributed by atoms with Gasteiger partial charge in [-0.2, -0.15) is 0 Å². The van der Waals surface area contributed by atoms with Crippen molar-refractivity contribution in [2.75, 3.05) is 0 Å².